The summed E-state index contributed by atoms with van der Waals surface area (Å²) in [5, 5.41) is 1.83. The van der Waals surface area contributed by atoms with Crippen LogP contribution >= 0.6 is 11.8 Å². The third-order valence-corrected chi connectivity index (χ3v) is 10.5. The highest BCUT2D eigenvalue weighted by molar-refractivity contribution is 8.00. The van der Waals surface area contributed by atoms with E-state index in [0.717, 1.165) is 10.5 Å². The highest BCUT2D eigenvalue weighted by Gasteiger charge is 2.14. The van der Waals surface area contributed by atoms with E-state index < -0.39 is 0 Å². The Bertz CT molecular complexity index is 356. The molecule has 0 saturated carbocycles. The summed E-state index contributed by atoms with van der Waals surface area (Å²) in [6, 6.07) is 0. The predicted molar refractivity (Wildman–Crippen MR) is 176 cm³/mol. The minimum atomic E-state index is 0.916. The van der Waals surface area contributed by atoms with Gasteiger partial charge < -0.3 is 0 Å². The Hall–Kier alpha value is 0.350. The molecule has 0 fully saturated rings. The topological polar surface area (TPSA) is 0 Å². The van der Waals surface area contributed by atoms with Crippen LogP contribution in [0.15, 0.2) is 0 Å². The van der Waals surface area contributed by atoms with Gasteiger partial charge in [0.15, 0.2) is 0 Å². The van der Waals surface area contributed by atoms with E-state index >= 15 is 0 Å². The molecule has 0 heterocycles. The lowest BCUT2D eigenvalue weighted by molar-refractivity contribution is 0.530. The summed E-state index contributed by atoms with van der Waals surface area (Å²) in [5.41, 5.74) is 0. The van der Waals surface area contributed by atoms with E-state index in [1.165, 1.54) is 193 Å². The van der Waals surface area contributed by atoms with Crippen LogP contribution in [0.3, 0.4) is 0 Å². The van der Waals surface area contributed by atoms with Crippen LogP contribution in [0, 0.1) is 0 Å². The third-order valence-electron chi connectivity index (χ3n) is 8.55. The van der Waals surface area contributed by atoms with E-state index in [0.29, 0.717) is 0 Å². The highest BCUT2D eigenvalue weighted by Crippen LogP contribution is 2.30. The first-order valence-electron chi connectivity index (χ1n) is 17.9. The SMILES string of the molecule is CCCCCCCCCCCCCCCC(CC)SC(CC)CCCCCCCCCCCCCCC. The van der Waals surface area contributed by atoms with Crippen molar-refractivity contribution < 1.29 is 0 Å². The van der Waals surface area contributed by atoms with Crippen molar-refractivity contribution >= 4 is 11.8 Å². The molecule has 0 aliphatic rings. The molecule has 224 valence electrons. The van der Waals surface area contributed by atoms with Crippen LogP contribution < -0.4 is 0 Å². The average Bonchev–Trinajstić information content (AvgIpc) is 2.92. The number of rotatable bonds is 32. The third kappa shape index (κ3) is 29.2. The van der Waals surface area contributed by atoms with E-state index in [2.05, 4.69) is 39.5 Å². The molecule has 0 spiro atoms. The molecular weight excluding hydrogens is 464 g/mol. The fourth-order valence-electron chi connectivity index (χ4n) is 5.79. The molecule has 2 atom stereocenters. The Morgan fingerprint density at radius 2 is 0.514 bits per heavy atom. The molecule has 2 unspecified atom stereocenters. The summed E-state index contributed by atoms with van der Waals surface area (Å²) < 4.78 is 0. The van der Waals surface area contributed by atoms with Crippen molar-refractivity contribution in [2.75, 3.05) is 0 Å². The van der Waals surface area contributed by atoms with Crippen molar-refractivity contribution in [2.45, 2.75) is 231 Å². The maximum Gasteiger partial charge on any atom is 0.00472 e. The van der Waals surface area contributed by atoms with Crippen molar-refractivity contribution in [3.8, 4) is 0 Å². The number of unbranched alkanes of at least 4 members (excludes halogenated alkanes) is 24. The Kier molecular flexibility index (Phi) is 32.9. The van der Waals surface area contributed by atoms with Gasteiger partial charge in [0.2, 0.25) is 0 Å². The molecule has 1 heteroatoms. The Labute approximate surface area is 242 Å². The first-order chi connectivity index (χ1) is 18.3. The first kappa shape index (κ1) is 37.4. The van der Waals surface area contributed by atoms with Crippen molar-refractivity contribution in [1.29, 1.82) is 0 Å². The average molecular weight is 539 g/mol. The number of hydrogen-bond acceptors (Lipinski definition) is 1. The van der Waals surface area contributed by atoms with Gasteiger partial charge in [-0.05, 0) is 25.7 Å². The molecule has 0 radical (unpaired) electrons. The monoisotopic (exact) mass is 539 g/mol. The second kappa shape index (κ2) is 32.6. The standard InChI is InChI=1S/C36H74S/c1-5-9-11-13-15-17-19-21-23-25-27-29-31-33-35(7-3)37-36(8-4)34-32-30-28-26-24-22-20-18-16-14-12-10-6-2/h35-36H,5-34H2,1-4H3. The summed E-state index contributed by atoms with van der Waals surface area (Å²) >= 11 is 2.36. The van der Waals surface area contributed by atoms with E-state index in [1.54, 1.807) is 0 Å². The molecule has 0 rings (SSSR count). The van der Waals surface area contributed by atoms with Gasteiger partial charge in [-0.15, -0.1) is 0 Å². The smallest absolute Gasteiger partial charge is 0.00472 e. The lowest BCUT2D eigenvalue weighted by Crippen LogP contribution is -2.10. The van der Waals surface area contributed by atoms with E-state index in [-0.39, 0.29) is 0 Å². The van der Waals surface area contributed by atoms with Gasteiger partial charge in [-0.1, -0.05) is 195 Å². The number of hydrogen-bond donors (Lipinski definition) is 0. The first-order valence-corrected chi connectivity index (χ1v) is 18.9. The summed E-state index contributed by atoms with van der Waals surface area (Å²) in [4.78, 5) is 0. The van der Waals surface area contributed by atoms with Crippen molar-refractivity contribution in [2.24, 2.45) is 0 Å². The second-order valence-electron chi connectivity index (χ2n) is 12.3. The minimum absolute atomic E-state index is 0.916. The second-order valence-corrected chi connectivity index (χ2v) is 13.9. The molecule has 0 bridgehead atoms. The molecule has 0 amide bonds. The van der Waals surface area contributed by atoms with E-state index in [1.807, 2.05) is 0 Å². The molecule has 0 aliphatic carbocycles. The van der Waals surface area contributed by atoms with Gasteiger partial charge in [0, 0.05) is 10.5 Å². The molecule has 0 aliphatic heterocycles. The van der Waals surface area contributed by atoms with Gasteiger partial charge in [-0.25, -0.2) is 0 Å². The molecule has 0 aromatic heterocycles. The van der Waals surface area contributed by atoms with Crippen LogP contribution in [0.4, 0.5) is 0 Å². The molecule has 0 aromatic carbocycles. The van der Waals surface area contributed by atoms with Gasteiger partial charge in [0.25, 0.3) is 0 Å². The summed E-state index contributed by atoms with van der Waals surface area (Å²) in [6.07, 6.45) is 43.8. The molecule has 0 N–H and O–H groups in total. The maximum absolute atomic E-state index is 2.43. The number of thioether (sulfide) groups is 1. The predicted octanol–water partition coefficient (Wildman–Crippen LogP) is 14.2. The lowest BCUT2D eigenvalue weighted by Gasteiger charge is -2.21. The fourth-order valence-corrected chi connectivity index (χ4v) is 7.32. The Morgan fingerprint density at radius 3 is 0.730 bits per heavy atom. The highest BCUT2D eigenvalue weighted by atomic mass is 32.2. The Morgan fingerprint density at radius 1 is 0.297 bits per heavy atom. The maximum atomic E-state index is 2.43. The summed E-state index contributed by atoms with van der Waals surface area (Å²) in [7, 11) is 0. The fraction of sp³-hybridized carbons (Fsp3) is 1.00. The van der Waals surface area contributed by atoms with Crippen LogP contribution in [0.1, 0.15) is 220 Å². The van der Waals surface area contributed by atoms with Gasteiger partial charge in [-0.3, -0.25) is 0 Å². The molecule has 0 aromatic rings. The van der Waals surface area contributed by atoms with Crippen LogP contribution in [0.5, 0.6) is 0 Å². The summed E-state index contributed by atoms with van der Waals surface area (Å²) in [6.45, 7) is 9.48. The zero-order chi connectivity index (χ0) is 27.1. The zero-order valence-corrected chi connectivity index (χ0v) is 27.6. The molecule has 0 nitrogen and oxygen atoms in total. The quantitative estimate of drug-likeness (QED) is 0.0767. The van der Waals surface area contributed by atoms with Crippen LogP contribution in [-0.4, -0.2) is 10.5 Å². The van der Waals surface area contributed by atoms with Gasteiger partial charge in [0.1, 0.15) is 0 Å². The van der Waals surface area contributed by atoms with Crippen LogP contribution in [-0.2, 0) is 0 Å². The zero-order valence-electron chi connectivity index (χ0n) is 26.8. The van der Waals surface area contributed by atoms with Crippen molar-refractivity contribution in [3.63, 3.8) is 0 Å². The largest absolute Gasteiger partial charge is 0.155 e. The minimum Gasteiger partial charge on any atom is -0.155 e. The van der Waals surface area contributed by atoms with Crippen LogP contribution in [0.2, 0.25) is 0 Å². The molecule has 0 saturated heterocycles. The van der Waals surface area contributed by atoms with Gasteiger partial charge >= 0.3 is 0 Å². The normalized spacial score (nSPS) is 13.3. The lowest BCUT2D eigenvalue weighted by atomic mass is 10.0. The molecular formula is C36H74S. The van der Waals surface area contributed by atoms with Crippen LogP contribution in [0.25, 0.3) is 0 Å². The van der Waals surface area contributed by atoms with Crippen molar-refractivity contribution in [1.82, 2.24) is 0 Å². The van der Waals surface area contributed by atoms with Gasteiger partial charge in [-0.2, -0.15) is 11.8 Å². The van der Waals surface area contributed by atoms with E-state index in [9.17, 15) is 0 Å². The van der Waals surface area contributed by atoms with Gasteiger partial charge in [0.05, 0.1) is 0 Å². The molecule has 37 heavy (non-hydrogen) atoms. The van der Waals surface area contributed by atoms with E-state index in [4.69, 9.17) is 0 Å². The Balaban J connectivity index is 3.53. The summed E-state index contributed by atoms with van der Waals surface area (Å²) in [5.74, 6) is 0. The van der Waals surface area contributed by atoms with Crippen molar-refractivity contribution in [3.05, 3.63) is 0 Å².